The molecule has 118 valence electrons. The van der Waals surface area contributed by atoms with Gasteiger partial charge < -0.3 is 5.11 Å². The van der Waals surface area contributed by atoms with Gasteiger partial charge in [-0.25, -0.2) is 8.42 Å². The number of nitrogens with zero attached hydrogens (tertiary/aromatic N) is 1. The summed E-state index contributed by atoms with van der Waals surface area (Å²) in [7, 11) is -2.98. The van der Waals surface area contributed by atoms with Gasteiger partial charge in [0.1, 0.15) is 6.54 Å². The molecule has 0 saturated heterocycles. The fourth-order valence-corrected chi connectivity index (χ4v) is 3.16. The molecule has 0 saturated carbocycles. The molecule has 0 aliphatic heterocycles. The highest BCUT2D eigenvalue weighted by atomic mass is 79.9. The monoisotopic (exact) mass is 389 g/mol. The predicted octanol–water partition coefficient (Wildman–Crippen LogP) is 2.31. The lowest BCUT2D eigenvalue weighted by Gasteiger charge is -2.16. The van der Waals surface area contributed by atoms with Crippen LogP contribution in [0.15, 0.2) is 22.7 Å². The number of hydrogen-bond acceptors (Lipinski definition) is 3. The van der Waals surface area contributed by atoms with Crippen LogP contribution >= 0.6 is 15.9 Å². The van der Waals surface area contributed by atoms with Crippen molar-refractivity contribution in [3.63, 3.8) is 0 Å². The van der Waals surface area contributed by atoms with E-state index in [-0.39, 0.29) is 10.0 Å². The van der Waals surface area contributed by atoms with Gasteiger partial charge in [0.05, 0.1) is 11.3 Å². The normalized spacial score (nSPS) is 12.7. The number of benzene rings is 1. The highest BCUT2D eigenvalue weighted by Crippen LogP contribution is 2.32. The second-order valence-corrected chi connectivity index (χ2v) is 7.24. The van der Waals surface area contributed by atoms with E-state index in [1.54, 1.807) is 0 Å². The van der Waals surface area contributed by atoms with Gasteiger partial charge >= 0.3 is 12.1 Å². The van der Waals surface area contributed by atoms with Crippen molar-refractivity contribution in [1.82, 2.24) is 4.31 Å². The van der Waals surface area contributed by atoms with Crippen LogP contribution in [-0.2, 0) is 26.7 Å². The molecular weight excluding hydrogens is 379 g/mol. The van der Waals surface area contributed by atoms with Gasteiger partial charge in [0.2, 0.25) is 10.0 Å². The van der Waals surface area contributed by atoms with E-state index in [1.807, 2.05) is 0 Å². The maximum Gasteiger partial charge on any atom is 0.416 e. The van der Waals surface area contributed by atoms with Gasteiger partial charge in [-0.2, -0.15) is 17.5 Å². The molecule has 0 heterocycles. The van der Waals surface area contributed by atoms with E-state index >= 15 is 0 Å². The minimum atomic E-state index is -4.60. The molecule has 0 aliphatic carbocycles. The second kappa shape index (κ2) is 6.32. The Labute approximate surface area is 127 Å². The first kappa shape index (κ1) is 17.9. The van der Waals surface area contributed by atoms with Gasteiger partial charge in [0, 0.05) is 11.5 Å². The van der Waals surface area contributed by atoms with E-state index in [2.05, 4.69) is 15.9 Å². The molecule has 0 radical (unpaired) electrons. The van der Waals surface area contributed by atoms with Crippen molar-refractivity contribution in [2.24, 2.45) is 0 Å². The van der Waals surface area contributed by atoms with Crippen LogP contribution < -0.4 is 0 Å². The number of carbonyl (C=O) groups is 1. The summed E-state index contributed by atoms with van der Waals surface area (Å²) < 4.78 is 62.4. The van der Waals surface area contributed by atoms with Gasteiger partial charge in [0.25, 0.3) is 0 Å². The minimum Gasteiger partial charge on any atom is -0.480 e. The van der Waals surface area contributed by atoms with Crippen molar-refractivity contribution in [3.8, 4) is 0 Å². The van der Waals surface area contributed by atoms with Crippen LogP contribution in [0.2, 0.25) is 0 Å². The third-order valence-corrected chi connectivity index (χ3v) is 4.70. The Kier molecular flexibility index (Phi) is 5.40. The zero-order valence-corrected chi connectivity index (χ0v) is 13.1. The molecule has 0 atom stereocenters. The SMILES string of the molecule is CN(CC(=O)O)S(=O)(=O)Cc1cc(Br)cc(C(F)(F)F)c1. The lowest BCUT2D eigenvalue weighted by atomic mass is 10.1. The molecule has 1 aromatic carbocycles. The minimum absolute atomic E-state index is 0.0865. The lowest BCUT2D eigenvalue weighted by Crippen LogP contribution is -2.33. The van der Waals surface area contributed by atoms with Gasteiger partial charge in [-0.05, 0) is 23.8 Å². The standard InChI is InChI=1S/C11H11BrF3NO4S/c1-16(5-10(17)18)21(19,20)6-7-2-8(11(13,14)15)4-9(12)3-7/h2-4H,5-6H2,1H3,(H,17,18). The highest BCUT2D eigenvalue weighted by molar-refractivity contribution is 9.10. The van der Waals surface area contributed by atoms with E-state index in [9.17, 15) is 26.4 Å². The number of alkyl halides is 3. The molecule has 10 heteroatoms. The molecule has 0 amide bonds. The fraction of sp³-hybridized carbons (Fsp3) is 0.364. The van der Waals surface area contributed by atoms with Crippen molar-refractivity contribution in [1.29, 1.82) is 0 Å². The molecule has 5 nitrogen and oxygen atoms in total. The molecule has 1 N–H and O–H groups in total. The summed E-state index contributed by atoms with van der Waals surface area (Å²) in [6, 6.07) is 2.79. The van der Waals surface area contributed by atoms with E-state index in [4.69, 9.17) is 5.11 Å². The summed E-state index contributed by atoms with van der Waals surface area (Å²) in [5.41, 5.74) is -1.07. The van der Waals surface area contributed by atoms with Crippen LogP contribution in [0.1, 0.15) is 11.1 Å². The van der Waals surface area contributed by atoms with E-state index in [0.717, 1.165) is 19.2 Å². The van der Waals surface area contributed by atoms with Crippen LogP contribution in [0.4, 0.5) is 13.2 Å². The summed E-state index contributed by atoms with van der Waals surface area (Å²) in [6.45, 7) is -0.761. The highest BCUT2D eigenvalue weighted by Gasteiger charge is 2.31. The Morgan fingerprint density at radius 1 is 1.33 bits per heavy atom. The van der Waals surface area contributed by atoms with E-state index in [1.165, 1.54) is 6.07 Å². The Balaban J connectivity index is 3.08. The average Bonchev–Trinajstić information content (AvgIpc) is 2.25. The summed E-state index contributed by atoms with van der Waals surface area (Å²) >= 11 is 2.89. The van der Waals surface area contributed by atoms with E-state index < -0.39 is 40.0 Å². The Bertz CT molecular complexity index is 645. The molecule has 0 aromatic heterocycles. The molecule has 21 heavy (non-hydrogen) atoms. The maximum absolute atomic E-state index is 12.7. The van der Waals surface area contributed by atoms with Crippen molar-refractivity contribution in [2.45, 2.75) is 11.9 Å². The number of sulfonamides is 1. The van der Waals surface area contributed by atoms with Crippen LogP contribution in [-0.4, -0.2) is 37.4 Å². The average molecular weight is 390 g/mol. The van der Waals surface area contributed by atoms with Crippen molar-refractivity contribution in [2.75, 3.05) is 13.6 Å². The van der Waals surface area contributed by atoms with Gasteiger partial charge in [-0.1, -0.05) is 15.9 Å². The number of halogens is 4. The van der Waals surface area contributed by atoms with E-state index in [0.29, 0.717) is 4.31 Å². The largest absolute Gasteiger partial charge is 0.480 e. The van der Waals surface area contributed by atoms with Gasteiger partial charge in [0.15, 0.2) is 0 Å². The fourth-order valence-electron chi connectivity index (χ4n) is 1.51. The number of aliphatic carboxylic acids is 1. The molecule has 1 aromatic rings. The molecule has 1 rings (SSSR count). The number of hydrogen-bond donors (Lipinski definition) is 1. The quantitative estimate of drug-likeness (QED) is 0.838. The molecule has 0 fully saturated rings. The first-order valence-corrected chi connectivity index (χ1v) is 7.84. The van der Waals surface area contributed by atoms with Gasteiger partial charge in [-0.3, -0.25) is 4.79 Å². The summed E-state index contributed by atoms with van der Waals surface area (Å²) in [5, 5.41) is 8.55. The van der Waals surface area contributed by atoms with Gasteiger partial charge in [-0.15, -0.1) is 0 Å². The predicted molar refractivity (Wildman–Crippen MR) is 72.0 cm³/mol. The number of carboxylic acid groups (broad SMARTS) is 1. The zero-order chi connectivity index (χ0) is 16.4. The van der Waals surface area contributed by atoms with Crippen LogP contribution in [0, 0.1) is 0 Å². The topological polar surface area (TPSA) is 74.7 Å². The third kappa shape index (κ3) is 5.29. The lowest BCUT2D eigenvalue weighted by molar-refractivity contribution is -0.138. The third-order valence-electron chi connectivity index (χ3n) is 2.47. The second-order valence-electron chi connectivity index (χ2n) is 4.25. The Morgan fingerprint density at radius 3 is 2.38 bits per heavy atom. The number of likely N-dealkylation sites (N-methyl/N-ethyl adjacent to an activating group) is 1. The summed E-state index contributed by atoms with van der Waals surface area (Å²) in [5.74, 6) is -2.08. The van der Waals surface area contributed by atoms with Crippen molar-refractivity contribution < 1.29 is 31.5 Å². The number of rotatable bonds is 5. The molecular formula is C11H11BrF3NO4S. The molecule has 0 unspecified atom stereocenters. The number of carboxylic acids is 1. The molecule has 0 spiro atoms. The zero-order valence-electron chi connectivity index (χ0n) is 10.7. The first-order valence-electron chi connectivity index (χ1n) is 5.44. The smallest absolute Gasteiger partial charge is 0.416 e. The summed E-state index contributed by atoms with van der Waals surface area (Å²) in [4.78, 5) is 10.5. The van der Waals surface area contributed by atoms with Crippen molar-refractivity contribution >= 4 is 31.9 Å². The maximum atomic E-state index is 12.7. The Hall–Kier alpha value is -1.13. The van der Waals surface area contributed by atoms with Crippen LogP contribution in [0.3, 0.4) is 0 Å². The molecule has 0 bridgehead atoms. The van der Waals surface area contributed by atoms with Crippen molar-refractivity contribution in [3.05, 3.63) is 33.8 Å². The summed E-state index contributed by atoms with van der Waals surface area (Å²) in [6.07, 6.45) is -4.60. The van der Waals surface area contributed by atoms with Crippen LogP contribution in [0.5, 0.6) is 0 Å². The first-order chi connectivity index (χ1) is 9.41. The van der Waals surface area contributed by atoms with Crippen LogP contribution in [0.25, 0.3) is 0 Å². The Morgan fingerprint density at radius 2 is 1.90 bits per heavy atom. The molecule has 0 aliphatic rings.